The average Bonchev–Trinajstić information content (AvgIpc) is 2.84. The fourth-order valence-corrected chi connectivity index (χ4v) is 2.58. The zero-order valence-electron chi connectivity index (χ0n) is 12.0. The Morgan fingerprint density at radius 3 is 2.37 bits per heavy atom. The van der Waals surface area contributed by atoms with Crippen molar-refractivity contribution in [3.05, 3.63) is 0 Å². The Bertz CT molecular complexity index is 253. The van der Waals surface area contributed by atoms with E-state index in [0.717, 1.165) is 25.7 Å². The number of hydrogen-bond donors (Lipinski definition) is 1. The highest BCUT2D eigenvalue weighted by atomic mass is 16.7. The second kappa shape index (κ2) is 6.99. The lowest BCUT2D eigenvalue weighted by Gasteiger charge is -2.35. The van der Waals surface area contributed by atoms with Crippen LogP contribution in [0.2, 0.25) is 0 Å². The molecule has 19 heavy (non-hydrogen) atoms. The van der Waals surface area contributed by atoms with Gasteiger partial charge in [0.2, 0.25) is 0 Å². The van der Waals surface area contributed by atoms with Gasteiger partial charge in [-0.2, -0.15) is 0 Å². The lowest BCUT2D eigenvalue weighted by atomic mass is 9.92. The van der Waals surface area contributed by atoms with E-state index in [-0.39, 0.29) is 18.0 Å². The van der Waals surface area contributed by atoms with Gasteiger partial charge in [-0.05, 0) is 26.7 Å². The molecule has 1 aliphatic carbocycles. The van der Waals surface area contributed by atoms with Crippen LogP contribution in [0.25, 0.3) is 0 Å². The molecule has 1 spiro atoms. The lowest BCUT2D eigenvalue weighted by molar-refractivity contribution is -0.194. The Kier molecular flexibility index (Phi) is 5.59. The van der Waals surface area contributed by atoms with Gasteiger partial charge in [-0.1, -0.05) is 0 Å². The van der Waals surface area contributed by atoms with E-state index in [1.807, 2.05) is 13.8 Å². The molecule has 1 aliphatic heterocycles. The van der Waals surface area contributed by atoms with Crippen LogP contribution < -0.4 is 0 Å². The zero-order chi connectivity index (χ0) is 13.7. The quantitative estimate of drug-likeness (QED) is 0.795. The van der Waals surface area contributed by atoms with E-state index in [4.69, 9.17) is 18.9 Å². The van der Waals surface area contributed by atoms with Crippen LogP contribution in [0.3, 0.4) is 0 Å². The van der Waals surface area contributed by atoms with E-state index in [1.165, 1.54) is 0 Å². The summed E-state index contributed by atoms with van der Waals surface area (Å²) in [5.41, 5.74) is 0. The summed E-state index contributed by atoms with van der Waals surface area (Å²) < 4.78 is 22.4. The van der Waals surface area contributed by atoms with E-state index in [2.05, 4.69) is 0 Å². The van der Waals surface area contributed by atoms with Gasteiger partial charge in [-0.25, -0.2) is 0 Å². The number of hydrogen-bond acceptors (Lipinski definition) is 5. The molecule has 1 N–H and O–H groups in total. The number of aliphatic hydroxyl groups excluding tert-OH is 1. The van der Waals surface area contributed by atoms with Gasteiger partial charge < -0.3 is 24.1 Å². The molecule has 0 amide bonds. The van der Waals surface area contributed by atoms with E-state index in [9.17, 15) is 5.11 Å². The highest BCUT2D eigenvalue weighted by molar-refractivity contribution is 4.83. The minimum atomic E-state index is -0.544. The molecular weight excluding hydrogens is 248 g/mol. The summed E-state index contributed by atoms with van der Waals surface area (Å²) in [5.74, 6) is -0.334. The first kappa shape index (κ1) is 15.2. The molecule has 0 aromatic rings. The number of aliphatic hydroxyl groups is 1. The van der Waals surface area contributed by atoms with Crippen molar-refractivity contribution >= 4 is 0 Å². The van der Waals surface area contributed by atoms with Crippen LogP contribution in [0.1, 0.15) is 39.5 Å². The van der Waals surface area contributed by atoms with Crippen molar-refractivity contribution in [2.45, 2.75) is 63.6 Å². The standard InChI is InChI=1S/C14H26O5/c1-11(2)16-9-12(15)10-17-13-3-5-14(6-4-13)18-7-8-19-14/h11-13,15H,3-10H2,1-2H3. The smallest absolute Gasteiger partial charge is 0.168 e. The van der Waals surface area contributed by atoms with Crippen LogP contribution in [0.15, 0.2) is 0 Å². The maximum absolute atomic E-state index is 9.73. The highest BCUT2D eigenvalue weighted by Gasteiger charge is 2.40. The summed E-state index contributed by atoms with van der Waals surface area (Å²) in [6, 6.07) is 0. The third kappa shape index (κ3) is 4.68. The Morgan fingerprint density at radius 1 is 1.16 bits per heavy atom. The summed E-state index contributed by atoms with van der Waals surface area (Å²) >= 11 is 0. The normalized spacial score (nSPS) is 25.3. The van der Waals surface area contributed by atoms with E-state index >= 15 is 0 Å². The van der Waals surface area contributed by atoms with Gasteiger partial charge in [0, 0.05) is 12.8 Å². The molecule has 5 heteroatoms. The van der Waals surface area contributed by atoms with Crippen molar-refractivity contribution < 1.29 is 24.1 Å². The molecular formula is C14H26O5. The Hall–Kier alpha value is -0.200. The third-order valence-corrected chi connectivity index (χ3v) is 3.65. The first-order valence-corrected chi connectivity index (χ1v) is 7.29. The topological polar surface area (TPSA) is 57.2 Å². The average molecular weight is 274 g/mol. The maximum Gasteiger partial charge on any atom is 0.168 e. The van der Waals surface area contributed by atoms with Crippen LogP contribution in [0.5, 0.6) is 0 Å². The van der Waals surface area contributed by atoms with Crippen molar-refractivity contribution in [1.29, 1.82) is 0 Å². The number of ether oxygens (including phenoxy) is 4. The fourth-order valence-electron chi connectivity index (χ4n) is 2.58. The van der Waals surface area contributed by atoms with Gasteiger partial charge in [0.15, 0.2) is 5.79 Å². The summed E-state index contributed by atoms with van der Waals surface area (Å²) in [5, 5.41) is 9.73. The van der Waals surface area contributed by atoms with Crippen LogP contribution in [-0.2, 0) is 18.9 Å². The zero-order valence-corrected chi connectivity index (χ0v) is 12.0. The molecule has 1 atom stereocenters. The number of rotatable bonds is 6. The lowest BCUT2D eigenvalue weighted by Crippen LogP contribution is -2.38. The van der Waals surface area contributed by atoms with Gasteiger partial charge in [0.05, 0.1) is 38.6 Å². The van der Waals surface area contributed by atoms with E-state index < -0.39 is 6.10 Å². The first-order valence-electron chi connectivity index (χ1n) is 7.29. The molecule has 0 aromatic heterocycles. The summed E-state index contributed by atoms with van der Waals surface area (Å²) in [6.45, 7) is 5.99. The Labute approximate surface area is 115 Å². The van der Waals surface area contributed by atoms with Gasteiger partial charge in [0.1, 0.15) is 6.10 Å². The predicted octanol–water partition coefficient (Wildman–Crippen LogP) is 1.47. The van der Waals surface area contributed by atoms with Crippen LogP contribution >= 0.6 is 0 Å². The Morgan fingerprint density at radius 2 is 1.79 bits per heavy atom. The second-order valence-electron chi connectivity index (χ2n) is 5.68. The predicted molar refractivity (Wildman–Crippen MR) is 69.9 cm³/mol. The Balaban J connectivity index is 1.60. The SMILES string of the molecule is CC(C)OCC(O)COC1CCC2(CC1)OCCO2. The maximum atomic E-state index is 9.73. The fraction of sp³-hybridized carbons (Fsp3) is 1.00. The monoisotopic (exact) mass is 274 g/mol. The van der Waals surface area contributed by atoms with Gasteiger partial charge in [0.25, 0.3) is 0 Å². The van der Waals surface area contributed by atoms with E-state index in [0.29, 0.717) is 26.4 Å². The van der Waals surface area contributed by atoms with Gasteiger partial charge in [-0.3, -0.25) is 0 Å². The van der Waals surface area contributed by atoms with Gasteiger partial charge in [-0.15, -0.1) is 0 Å². The minimum Gasteiger partial charge on any atom is -0.388 e. The second-order valence-corrected chi connectivity index (χ2v) is 5.68. The van der Waals surface area contributed by atoms with Crippen molar-refractivity contribution in [2.24, 2.45) is 0 Å². The van der Waals surface area contributed by atoms with Crippen molar-refractivity contribution in [3.8, 4) is 0 Å². The molecule has 0 bridgehead atoms. The summed E-state index contributed by atoms with van der Waals surface area (Å²) in [7, 11) is 0. The molecule has 0 radical (unpaired) electrons. The molecule has 1 saturated carbocycles. The minimum absolute atomic E-state index is 0.140. The van der Waals surface area contributed by atoms with Crippen molar-refractivity contribution in [3.63, 3.8) is 0 Å². The summed E-state index contributed by atoms with van der Waals surface area (Å²) in [6.07, 6.45) is 3.42. The van der Waals surface area contributed by atoms with Crippen LogP contribution in [0.4, 0.5) is 0 Å². The third-order valence-electron chi connectivity index (χ3n) is 3.65. The van der Waals surface area contributed by atoms with Gasteiger partial charge >= 0.3 is 0 Å². The molecule has 1 heterocycles. The molecule has 112 valence electrons. The molecule has 0 aromatic carbocycles. The largest absolute Gasteiger partial charge is 0.388 e. The van der Waals surface area contributed by atoms with Crippen LogP contribution in [0, 0.1) is 0 Å². The van der Waals surface area contributed by atoms with Crippen molar-refractivity contribution in [2.75, 3.05) is 26.4 Å². The molecule has 2 aliphatic rings. The molecule has 2 fully saturated rings. The van der Waals surface area contributed by atoms with Crippen molar-refractivity contribution in [1.82, 2.24) is 0 Å². The molecule has 2 rings (SSSR count). The first-order chi connectivity index (χ1) is 9.10. The van der Waals surface area contributed by atoms with E-state index in [1.54, 1.807) is 0 Å². The molecule has 1 saturated heterocycles. The summed E-state index contributed by atoms with van der Waals surface area (Å²) in [4.78, 5) is 0. The molecule has 5 nitrogen and oxygen atoms in total. The highest BCUT2D eigenvalue weighted by Crippen LogP contribution is 2.36. The van der Waals surface area contributed by atoms with Crippen LogP contribution in [-0.4, -0.2) is 55.6 Å². The molecule has 1 unspecified atom stereocenters.